The Morgan fingerprint density at radius 3 is 2.95 bits per heavy atom. The molecule has 19 heavy (non-hydrogen) atoms. The highest BCUT2D eigenvalue weighted by atomic mass is 16.5. The Bertz CT molecular complexity index is 397. The molecule has 0 atom stereocenters. The maximum absolute atomic E-state index is 6.04. The fraction of sp³-hybridized carbons (Fsp3) is 0.571. The van der Waals surface area contributed by atoms with E-state index >= 15 is 0 Å². The van der Waals surface area contributed by atoms with Crippen LogP contribution in [0.3, 0.4) is 0 Å². The SMILES string of the molecule is [B]CCC1=CC(C)=C(OC2CN(N/C=C\N)C2)CC1. The first kappa shape index (κ1) is 14.1. The second-order valence-corrected chi connectivity index (χ2v) is 5.08. The molecule has 0 aromatic rings. The summed E-state index contributed by atoms with van der Waals surface area (Å²) in [5.74, 6) is 1.14. The first-order valence-electron chi connectivity index (χ1n) is 6.86. The smallest absolute Gasteiger partial charge is 0.127 e. The van der Waals surface area contributed by atoms with Crippen LogP contribution in [0.1, 0.15) is 26.2 Å². The first-order valence-corrected chi connectivity index (χ1v) is 6.86. The number of hydrazine groups is 1. The molecule has 1 aliphatic carbocycles. The molecule has 0 unspecified atom stereocenters. The first-order chi connectivity index (χ1) is 9.22. The van der Waals surface area contributed by atoms with E-state index in [0.717, 1.165) is 44.4 Å². The van der Waals surface area contributed by atoms with Crippen molar-refractivity contribution in [3.63, 3.8) is 0 Å². The summed E-state index contributed by atoms with van der Waals surface area (Å²) in [6, 6.07) is 0. The average Bonchev–Trinajstić information content (AvgIpc) is 2.34. The van der Waals surface area contributed by atoms with E-state index in [4.69, 9.17) is 18.3 Å². The largest absolute Gasteiger partial charge is 0.492 e. The highest BCUT2D eigenvalue weighted by Crippen LogP contribution is 2.29. The third-order valence-electron chi connectivity index (χ3n) is 3.51. The molecule has 1 fully saturated rings. The molecule has 2 radical (unpaired) electrons. The van der Waals surface area contributed by atoms with Gasteiger partial charge in [-0.25, -0.2) is 5.01 Å². The standard InChI is InChI=1S/C14H22BN3O/c1-11-8-12(4-5-15)2-3-14(11)19-13-9-18(10-13)17-7-6-16/h6-8,13,17H,2-5,9-10,16H2,1H3/b7-6-. The lowest BCUT2D eigenvalue weighted by atomic mass is 9.90. The summed E-state index contributed by atoms with van der Waals surface area (Å²) in [6.45, 7) is 3.90. The molecule has 0 aromatic heterocycles. The fourth-order valence-electron chi connectivity index (χ4n) is 2.43. The summed E-state index contributed by atoms with van der Waals surface area (Å²) in [5, 5.41) is 2.07. The Morgan fingerprint density at radius 1 is 1.53 bits per heavy atom. The minimum atomic E-state index is 0.285. The van der Waals surface area contributed by atoms with Gasteiger partial charge in [-0.3, -0.25) is 0 Å². The van der Waals surface area contributed by atoms with Crippen molar-refractivity contribution in [3.05, 3.63) is 35.4 Å². The van der Waals surface area contributed by atoms with E-state index in [9.17, 15) is 0 Å². The lowest BCUT2D eigenvalue weighted by Crippen LogP contribution is -2.56. The summed E-state index contributed by atoms with van der Waals surface area (Å²) >= 11 is 0. The molecule has 2 rings (SSSR count). The summed E-state index contributed by atoms with van der Waals surface area (Å²) < 4.78 is 6.04. The number of ether oxygens (including phenoxy) is 1. The van der Waals surface area contributed by atoms with Crippen LogP contribution >= 0.6 is 0 Å². The van der Waals surface area contributed by atoms with Gasteiger partial charge in [-0.2, -0.15) is 0 Å². The van der Waals surface area contributed by atoms with Crippen LogP contribution in [0.2, 0.25) is 6.32 Å². The van der Waals surface area contributed by atoms with Gasteiger partial charge < -0.3 is 15.9 Å². The Labute approximate surface area is 116 Å². The van der Waals surface area contributed by atoms with Crippen LogP contribution in [0.25, 0.3) is 0 Å². The minimum Gasteiger partial charge on any atom is -0.492 e. The van der Waals surface area contributed by atoms with E-state index in [1.165, 1.54) is 17.3 Å². The number of nitrogens with two attached hydrogens (primary N) is 1. The van der Waals surface area contributed by atoms with Crippen LogP contribution in [0, 0.1) is 0 Å². The molecule has 3 N–H and O–H groups in total. The number of allylic oxidation sites excluding steroid dienone is 4. The number of hydrogen-bond acceptors (Lipinski definition) is 4. The number of nitrogens with one attached hydrogen (secondary N) is 1. The van der Waals surface area contributed by atoms with Gasteiger partial charge in [0.2, 0.25) is 0 Å². The van der Waals surface area contributed by atoms with Crippen molar-refractivity contribution in [1.29, 1.82) is 0 Å². The van der Waals surface area contributed by atoms with Crippen LogP contribution in [0.15, 0.2) is 35.4 Å². The van der Waals surface area contributed by atoms with E-state index in [2.05, 4.69) is 23.4 Å². The van der Waals surface area contributed by atoms with Gasteiger partial charge in [0.05, 0.1) is 26.7 Å². The molecule has 4 nitrogen and oxygen atoms in total. The third kappa shape index (κ3) is 3.80. The fourth-order valence-corrected chi connectivity index (χ4v) is 2.43. The highest BCUT2D eigenvalue weighted by molar-refractivity contribution is 6.08. The molecular weight excluding hydrogens is 237 g/mol. The van der Waals surface area contributed by atoms with Crippen molar-refractivity contribution in [3.8, 4) is 0 Å². The van der Waals surface area contributed by atoms with E-state index < -0.39 is 0 Å². The lowest BCUT2D eigenvalue weighted by Gasteiger charge is -2.39. The molecule has 0 spiro atoms. The molecule has 2 aliphatic rings. The molecular formula is C14H22BN3O. The van der Waals surface area contributed by atoms with Gasteiger partial charge in [-0.1, -0.05) is 18.0 Å². The van der Waals surface area contributed by atoms with Crippen molar-refractivity contribution in [1.82, 2.24) is 10.4 Å². The Hall–Kier alpha value is -1.36. The quantitative estimate of drug-likeness (QED) is 0.711. The van der Waals surface area contributed by atoms with Crippen molar-refractivity contribution in [2.75, 3.05) is 13.1 Å². The topological polar surface area (TPSA) is 50.5 Å². The number of hydrogen-bond donors (Lipinski definition) is 2. The van der Waals surface area contributed by atoms with Gasteiger partial charge in [0, 0.05) is 18.8 Å². The molecule has 0 aromatic carbocycles. The van der Waals surface area contributed by atoms with E-state index in [-0.39, 0.29) is 6.10 Å². The summed E-state index contributed by atoms with van der Waals surface area (Å²) in [7, 11) is 5.59. The Kier molecular flexibility index (Phi) is 4.96. The van der Waals surface area contributed by atoms with Gasteiger partial charge in [-0.05, 0) is 25.3 Å². The van der Waals surface area contributed by atoms with Crippen LogP contribution in [0.4, 0.5) is 0 Å². The molecule has 0 amide bonds. The lowest BCUT2D eigenvalue weighted by molar-refractivity contribution is -0.0437. The number of nitrogens with zero attached hydrogens (tertiary/aromatic N) is 1. The summed E-state index contributed by atoms with van der Waals surface area (Å²) in [6.07, 6.45) is 9.54. The Balaban J connectivity index is 1.80. The van der Waals surface area contributed by atoms with Gasteiger partial charge in [0.25, 0.3) is 0 Å². The van der Waals surface area contributed by atoms with Gasteiger partial charge in [-0.15, -0.1) is 0 Å². The number of rotatable bonds is 6. The zero-order chi connectivity index (χ0) is 13.7. The monoisotopic (exact) mass is 259 g/mol. The summed E-state index contributed by atoms with van der Waals surface area (Å²) in [5.41, 5.74) is 11.0. The van der Waals surface area contributed by atoms with Crippen molar-refractivity contribution in [2.24, 2.45) is 5.73 Å². The van der Waals surface area contributed by atoms with Gasteiger partial charge in [0.15, 0.2) is 0 Å². The van der Waals surface area contributed by atoms with Crippen molar-refractivity contribution in [2.45, 2.75) is 38.6 Å². The molecule has 0 bridgehead atoms. The van der Waals surface area contributed by atoms with E-state index in [0.29, 0.717) is 0 Å². The second-order valence-electron chi connectivity index (χ2n) is 5.08. The van der Waals surface area contributed by atoms with Crippen LogP contribution in [-0.4, -0.2) is 32.0 Å². The molecule has 1 aliphatic heterocycles. The highest BCUT2D eigenvalue weighted by Gasteiger charge is 2.29. The molecule has 1 heterocycles. The maximum Gasteiger partial charge on any atom is 0.127 e. The normalized spacial score (nSPS) is 21.4. The van der Waals surface area contributed by atoms with E-state index in [1.54, 1.807) is 6.20 Å². The molecule has 5 heteroatoms. The van der Waals surface area contributed by atoms with E-state index in [1.807, 2.05) is 0 Å². The van der Waals surface area contributed by atoms with Gasteiger partial charge >= 0.3 is 0 Å². The second kappa shape index (κ2) is 6.71. The van der Waals surface area contributed by atoms with Crippen LogP contribution < -0.4 is 11.2 Å². The molecule has 1 saturated heterocycles. The zero-order valence-electron chi connectivity index (χ0n) is 11.6. The predicted octanol–water partition coefficient (Wildman–Crippen LogP) is 1.59. The molecule has 0 saturated carbocycles. The predicted molar refractivity (Wildman–Crippen MR) is 78.1 cm³/mol. The maximum atomic E-state index is 6.04. The Morgan fingerprint density at radius 2 is 2.32 bits per heavy atom. The third-order valence-corrected chi connectivity index (χ3v) is 3.51. The summed E-state index contributed by atoms with van der Waals surface area (Å²) in [4.78, 5) is 0. The van der Waals surface area contributed by atoms with Crippen LogP contribution in [-0.2, 0) is 4.74 Å². The molecule has 102 valence electrons. The van der Waals surface area contributed by atoms with Crippen molar-refractivity contribution < 1.29 is 4.74 Å². The minimum absolute atomic E-state index is 0.285. The van der Waals surface area contributed by atoms with Crippen molar-refractivity contribution >= 4 is 7.85 Å². The van der Waals surface area contributed by atoms with Gasteiger partial charge in [0.1, 0.15) is 6.10 Å². The average molecular weight is 259 g/mol. The zero-order valence-corrected chi connectivity index (χ0v) is 11.6. The van der Waals surface area contributed by atoms with Crippen LogP contribution in [0.5, 0.6) is 0 Å².